The summed E-state index contributed by atoms with van der Waals surface area (Å²) in [6, 6.07) is 0.456. The molecule has 1 aromatic rings. The number of hydrogen-bond donors (Lipinski definition) is 1. The highest BCUT2D eigenvalue weighted by Gasteiger charge is 2.13. The summed E-state index contributed by atoms with van der Waals surface area (Å²) in [6.07, 6.45) is 2.37. The number of aryl methyl sites for hydroxylation is 1. The monoisotopic (exact) mass is 258 g/mol. The maximum absolute atomic E-state index is 4.59. The third-order valence-electron chi connectivity index (χ3n) is 2.33. The van der Waals surface area contributed by atoms with Crippen molar-refractivity contribution in [3.05, 3.63) is 16.1 Å². The van der Waals surface area contributed by atoms with Gasteiger partial charge >= 0.3 is 0 Å². The summed E-state index contributed by atoms with van der Waals surface area (Å²) in [5, 5.41) is 6.99. The van der Waals surface area contributed by atoms with Crippen molar-refractivity contribution in [3.63, 3.8) is 0 Å². The molecule has 16 heavy (non-hydrogen) atoms. The fourth-order valence-corrected chi connectivity index (χ4v) is 3.11. The van der Waals surface area contributed by atoms with E-state index in [9.17, 15) is 0 Å². The normalized spacial score (nSPS) is 12.9. The molecule has 2 nitrogen and oxygen atoms in total. The molecule has 0 radical (unpaired) electrons. The van der Waals surface area contributed by atoms with Crippen LogP contribution in [0.4, 0.5) is 0 Å². The van der Waals surface area contributed by atoms with Crippen molar-refractivity contribution in [1.82, 2.24) is 10.3 Å². The summed E-state index contributed by atoms with van der Waals surface area (Å²) in [5.41, 5.74) is 1.14. The van der Waals surface area contributed by atoms with Crippen LogP contribution in [0.2, 0.25) is 0 Å². The minimum atomic E-state index is 0.456. The van der Waals surface area contributed by atoms with Crippen LogP contribution in [-0.2, 0) is 0 Å². The van der Waals surface area contributed by atoms with Gasteiger partial charge in [-0.1, -0.05) is 13.8 Å². The molecule has 0 aliphatic carbocycles. The Morgan fingerprint density at radius 3 is 2.88 bits per heavy atom. The SMILES string of the molecule is CCCNC(CCSCC)c1nc(C)cs1. The van der Waals surface area contributed by atoms with Crippen molar-refractivity contribution >= 4 is 23.1 Å². The average Bonchev–Trinajstić information content (AvgIpc) is 2.70. The van der Waals surface area contributed by atoms with Crippen LogP contribution >= 0.6 is 23.1 Å². The topological polar surface area (TPSA) is 24.9 Å². The Morgan fingerprint density at radius 1 is 1.50 bits per heavy atom. The van der Waals surface area contributed by atoms with Gasteiger partial charge in [-0.2, -0.15) is 11.8 Å². The zero-order valence-electron chi connectivity index (χ0n) is 10.5. The van der Waals surface area contributed by atoms with Crippen LogP contribution in [0.25, 0.3) is 0 Å². The largest absolute Gasteiger partial charge is 0.308 e. The van der Waals surface area contributed by atoms with Crippen LogP contribution in [0, 0.1) is 6.92 Å². The molecule has 0 saturated carbocycles. The lowest BCUT2D eigenvalue weighted by Gasteiger charge is -2.15. The molecule has 1 rings (SSSR count). The van der Waals surface area contributed by atoms with E-state index in [1.807, 2.05) is 11.8 Å². The third-order valence-corrected chi connectivity index (χ3v) is 4.34. The first-order valence-corrected chi connectivity index (χ1v) is 8.04. The second-order valence-corrected chi connectivity index (χ2v) is 6.10. The Balaban J connectivity index is 2.49. The molecular formula is C12H22N2S2. The number of nitrogens with one attached hydrogen (secondary N) is 1. The van der Waals surface area contributed by atoms with Crippen LogP contribution in [0.5, 0.6) is 0 Å². The minimum absolute atomic E-state index is 0.456. The van der Waals surface area contributed by atoms with Crippen molar-refractivity contribution < 1.29 is 0 Å². The summed E-state index contributed by atoms with van der Waals surface area (Å²) in [6.45, 7) is 7.57. The molecule has 4 heteroatoms. The molecule has 0 fully saturated rings. The molecular weight excluding hydrogens is 236 g/mol. The number of rotatable bonds is 8. The third kappa shape index (κ3) is 4.85. The van der Waals surface area contributed by atoms with Gasteiger partial charge in [-0.25, -0.2) is 4.98 Å². The van der Waals surface area contributed by atoms with Crippen molar-refractivity contribution in [3.8, 4) is 0 Å². The second-order valence-electron chi connectivity index (χ2n) is 3.82. The molecule has 1 heterocycles. The van der Waals surface area contributed by atoms with Crippen LogP contribution in [0.15, 0.2) is 5.38 Å². The Hall–Kier alpha value is -0.0600. The van der Waals surface area contributed by atoms with Gasteiger partial charge in [0.1, 0.15) is 5.01 Å². The smallest absolute Gasteiger partial charge is 0.110 e. The average molecular weight is 258 g/mol. The molecule has 0 bridgehead atoms. The van der Waals surface area contributed by atoms with Crippen molar-refractivity contribution in [2.75, 3.05) is 18.1 Å². The standard InChI is InChI=1S/C12H22N2S2/c1-4-7-13-11(6-8-15-5-2)12-14-10(3)9-16-12/h9,11,13H,4-8H2,1-3H3. The predicted octanol–water partition coefficient (Wildman–Crippen LogP) is 3.64. The number of thioether (sulfide) groups is 1. The molecule has 0 amide bonds. The van der Waals surface area contributed by atoms with Gasteiger partial charge in [-0.05, 0) is 37.8 Å². The molecule has 1 N–H and O–H groups in total. The van der Waals surface area contributed by atoms with E-state index in [4.69, 9.17) is 0 Å². The number of nitrogens with zero attached hydrogens (tertiary/aromatic N) is 1. The summed E-state index contributed by atoms with van der Waals surface area (Å²) in [7, 11) is 0. The Labute approximate surface area is 107 Å². The zero-order chi connectivity index (χ0) is 11.8. The molecule has 0 aliphatic rings. The molecule has 0 aliphatic heterocycles. The maximum atomic E-state index is 4.59. The van der Waals surface area contributed by atoms with Crippen LogP contribution in [0.3, 0.4) is 0 Å². The van der Waals surface area contributed by atoms with Gasteiger partial charge in [0.2, 0.25) is 0 Å². The first-order valence-electron chi connectivity index (χ1n) is 6.01. The van der Waals surface area contributed by atoms with Crippen molar-refractivity contribution in [2.24, 2.45) is 0 Å². The van der Waals surface area contributed by atoms with E-state index < -0.39 is 0 Å². The molecule has 1 unspecified atom stereocenters. The lowest BCUT2D eigenvalue weighted by atomic mass is 10.2. The second kappa shape index (κ2) is 8.09. The van der Waals surface area contributed by atoms with E-state index in [2.05, 4.69) is 36.5 Å². The minimum Gasteiger partial charge on any atom is -0.308 e. The van der Waals surface area contributed by atoms with Gasteiger partial charge in [-0.3, -0.25) is 0 Å². The quantitative estimate of drug-likeness (QED) is 0.721. The summed E-state index contributed by atoms with van der Waals surface area (Å²) in [4.78, 5) is 4.59. The fourth-order valence-electron chi connectivity index (χ4n) is 1.51. The Kier molecular flexibility index (Phi) is 7.08. The van der Waals surface area contributed by atoms with Gasteiger partial charge in [0.25, 0.3) is 0 Å². The highest BCUT2D eigenvalue weighted by atomic mass is 32.2. The summed E-state index contributed by atoms with van der Waals surface area (Å²) < 4.78 is 0. The molecule has 92 valence electrons. The highest BCUT2D eigenvalue weighted by molar-refractivity contribution is 7.99. The van der Waals surface area contributed by atoms with Gasteiger partial charge < -0.3 is 5.32 Å². The van der Waals surface area contributed by atoms with Crippen LogP contribution in [0.1, 0.15) is 43.4 Å². The molecule has 0 aromatic carbocycles. The maximum Gasteiger partial charge on any atom is 0.110 e. The summed E-state index contributed by atoms with van der Waals surface area (Å²) in [5.74, 6) is 2.42. The Bertz CT molecular complexity index is 286. The molecule has 0 saturated heterocycles. The van der Waals surface area contributed by atoms with Crippen molar-refractivity contribution in [2.45, 2.75) is 39.7 Å². The van der Waals surface area contributed by atoms with Gasteiger partial charge in [0.15, 0.2) is 0 Å². The first kappa shape index (κ1) is 14.0. The predicted molar refractivity (Wildman–Crippen MR) is 75.5 cm³/mol. The van der Waals surface area contributed by atoms with E-state index in [-0.39, 0.29) is 0 Å². The van der Waals surface area contributed by atoms with Crippen LogP contribution in [-0.4, -0.2) is 23.0 Å². The highest BCUT2D eigenvalue weighted by Crippen LogP contribution is 2.22. The van der Waals surface area contributed by atoms with E-state index in [0.717, 1.165) is 12.2 Å². The van der Waals surface area contributed by atoms with Crippen molar-refractivity contribution in [1.29, 1.82) is 0 Å². The first-order chi connectivity index (χ1) is 7.77. The van der Waals surface area contributed by atoms with Gasteiger partial charge in [0, 0.05) is 11.1 Å². The number of hydrogen-bond acceptors (Lipinski definition) is 4. The van der Waals surface area contributed by atoms with E-state index in [0.29, 0.717) is 6.04 Å². The number of thiazole rings is 1. The van der Waals surface area contributed by atoms with Gasteiger partial charge in [-0.15, -0.1) is 11.3 Å². The fraction of sp³-hybridized carbons (Fsp3) is 0.750. The zero-order valence-corrected chi connectivity index (χ0v) is 12.1. The van der Waals surface area contributed by atoms with E-state index in [1.54, 1.807) is 11.3 Å². The lowest BCUT2D eigenvalue weighted by Crippen LogP contribution is -2.22. The lowest BCUT2D eigenvalue weighted by molar-refractivity contribution is 0.519. The Morgan fingerprint density at radius 2 is 2.31 bits per heavy atom. The van der Waals surface area contributed by atoms with Gasteiger partial charge in [0.05, 0.1) is 6.04 Å². The van der Waals surface area contributed by atoms with E-state index >= 15 is 0 Å². The van der Waals surface area contributed by atoms with Crippen LogP contribution < -0.4 is 5.32 Å². The molecule has 1 atom stereocenters. The summed E-state index contributed by atoms with van der Waals surface area (Å²) >= 11 is 3.79. The molecule has 0 spiro atoms. The number of aromatic nitrogens is 1. The van der Waals surface area contributed by atoms with E-state index in [1.165, 1.54) is 29.4 Å². The molecule has 1 aromatic heterocycles.